The van der Waals surface area contributed by atoms with E-state index in [-0.39, 0.29) is 16.5 Å². The number of nitrogens with one attached hydrogen (secondary N) is 1. The van der Waals surface area contributed by atoms with Gasteiger partial charge in [0.1, 0.15) is 5.69 Å². The van der Waals surface area contributed by atoms with E-state index in [0.717, 1.165) is 6.07 Å². The minimum atomic E-state index is -4.57. The molecule has 0 saturated carbocycles. The molecule has 0 radical (unpaired) electrons. The van der Waals surface area contributed by atoms with Crippen LogP contribution in [0.15, 0.2) is 48.7 Å². The smallest absolute Gasteiger partial charge is 0.331 e. The topological polar surface area (TPSA) is 71.2 Å². The lowest BCUT2D eigenvalue weighted by molar-refractivity contribution is -0.136. The van der Waals surface area contributed by atoms with Crippen molar-refractivity contribution in [3.8, 4) is 0 Å². The molecule has 0 saturated heterocycles. The number of aromatic nitrogens is 1. The predicted octanol–water partition coefficient (Wildman–Crippen LogP) is 2.81. The van der Waals surface area contributed by atoms with Crippen LogP contribution < -0.4 is 11.2 Å². The Morgan fingerprint density at radius 2 is 1.83 bits per heavy atom. The molecule has 2 rings (SSSR count). The van der Waals surface area contributed by atoms with Crippen molar-refractivity contribution in [3.05, 3.63) is 59.9 Å². The first-order chi connectivity index (χ1) is 10.8. The van der Waals surface area contributed by atoms with Crippen molar-refractivity contribution in [1.29, 1.82) is 0 Å². The van der Waals surface area contributed by atoms with Gasteiger partial charge >= 0.3 is 6.18 Å². The molecule has 1 aromatic carbocycles. The highest BCUT2D eigenvalue weighted by Crippen LogP contribution is 2.34. The van der Waals surface area contributed by atoms with Gasteiger partial charge in [-0.15, -0.1) is 0 Å². The van der Waals surface area contributed by atoms with E-state index in [2.05, 4.69) is 10.3 Å². The third-order valence-electron chi connectivity index (χ3n) is 2.80. The summed E-state index contributed by atoms with van der Waals surface area (Å²) in [6.07, 6.45) is -3.18. The summed E-state index contributed by atoms with van der Waals surface area (Å²) in [6, 6.07) is 9.32. The summed E-state index contributed by atoms with van der Waals surface area (Å²) in [5.41, 5.74) is -1.20. The van der Waals surface area contributed by atoms with Crippen molar-refractivity contribution >= 4 is 28.9 Å². The van der Waals surface area contributed by atoms with Crippen LogP contribution in [0.2, 0.25) is 0 Å². The molecule has 1 heterocycles. The number of thiocarbonyl (C=S) groups is 1. The molecule has 23 heavy (non-hydrogen) atoms. The number of halogens is 3. The number of carbonyl (C=O) groups is 1. The largest absolute Gasteiger partial charge is 0.418 e. The lowest BCUT2D eigenvalue weighted by Gasteiger charge is -2.20. The van der Waals surface area contributed by atoms with E-state index >= 15 is 0 Å². The van der Waals surface area contributed by atoms with Crippen LogP contribution >= 0.6 is 12.2 Å². The average molecular weight is 340 g/mol. The monoisotopic (exact) mass is 340 g/mol. The number of alkyl halides is 3. The lowest BCUT2D eigenvalue weighted by Crippen LogP contribution is -2.45. The molecule has 5 nitrogen and oxygen atoms in total. The van der Waals surface area contributed by atoms with Crippen molar-refractivity contribution in [3.63, 3.8) is 0 Å². The molecule has 2 aromatic rings. The summed E-state index contributed by atoms with van der Waals surface area (Å²) in [7, 11) is 0. The number of nitrogens with zero attached hydrogens (tertiary/aromatic N) is 2. The second kappa shape index (κ2) is 6.71. The van der Waals surface area contributed by atoms with Crippen LogP contribution in [0.4, 0.5) is 18.9 Å². The molecule has 0 unspecified atom stereocenters. The van der Waals surface area contributed by atoms with E-state index in [9.17, 15) is 18.0 Å². The fraction of sp³-hybridized carbons (Fsp3) is 0.0714. The van der Waals surface area contributed by atoms with E-state index in [1.807, 2.05) is 0 Å². The van der Waals surface area contributed by atoms with Gasteiger partial charge in [-0.2, -0.15) is 13.2 Å². The first-order valence-electron chi connectivity index (χ1n) is 6.28. The quantitative estimate of drug-likeness (QED) is 0.381. The van der Waals surface area contributed by atoms with E-state index in [1.54, 1.807) is 12.1 Å². The summed E-state index contributed by atoms with van der Waals surface area (Å²) in [5, 5.41) is 2.49. The Morgan fingerprint density at radius 1 is 1.17 bits per heavy atom. The molecule has 0 aliphatic heterocycles. The Kier molecular flexibility index (Phi) is 4.92. The van der Waals surface area contributed by atoms with Crippen LogP contribution in [0.1, 0.15) is 16.1 Å². The van der Waals surface area contributed by atoms with Gasteiger partial charge < -0.3 is 5.32 Å². The number of hydrazine groups is 1. The van der Waals surface area contributed by atoms with Gasteiger partial charge in [-0.05, 0) is 36.5 Å². The van der Waals surface area contributed by atoms with Gasteiger partial charge in [0.15, 0.2) is 5.11 Å². The van der Waals surface area contributed by atoms with Gasteiger partial charge in [-0.1, -0.05) is 18.2 Å². The number of amides is 1. The Morgan fingerprint density at radius 3 is 2.43 bits per heavy atom. The minimum absolute atomic E-state index is 0.0169. The molecule has 120 valence electrons. The summed E-state index contributed by atoms with van der Waals surface area (Å²) >= 11 is 4.89. The third kappa shape index (κ3) is 4.02. The van der Waals surface area contributed by atoms with E-state index in [0.29, 0.717) is 5.01 Å². The van der Waals surface area contributed by atoms with Crippen LogP contribution in [-0.4, -0.2) is 21.0 Å². The van der Waals surface area contributed by atoms with Crippen LogP contribution in [-0.2, 0) is 6.18 Å². The maximum atomic E-state index is 12.9. The molecule has 3 N–H and O–H groups in total. The molecular weight excluding hydrogens is 329 g/mol. The molecule has 0 aliphatic carbocycles. The normalized spacial score (nSPS) is 11.0. The van der Waals surface area contributed by atoms with Gasteiger partial charge in [0.25, 0.3) is 5.91 Å². The molecule has 0 bridgehead atoms. The zero-order valence-corrected chi connectivity index (χ0v) is 12.4. The van der Waals surface area contributed by atoms with Crippen LogP contribution in [0, 0.1) is 0 Å². The molecular formula is C14H11F3N4OS. The third-order valence-corrected chi connectivity index (χ3v) is 3.09. The number of para-hydroxylation sites is 1. The number of hydrogen-bond acceptors (Lipinski definition) is 4. The first kappa shape index (κ1) is 16.8. The number of rotatable bonds is 2. The SMILES string of the molecule is NN(C(=O)c1ccccn1)C(=S)Nc1ccccc1C(F)(F)F. The van der Waals surface area contributed by atoms with Crippen molar-refractivity contribution < 1.29 is 18.0 Å². The summed E-state index contributed by atoms with van der Waals surface area (Å²) in [4.78, 5) is 15.9. The lowest BCUT2D eigenvalue weighted by atomic mass is 10.1. The molecule has 9 heteroatoms. The molecule has 0 aliphatic rings. The van der Waals surface area contributed by atoms with E-state index in [4.69, 9.17) is 18.1 Å². The average Bonchev–Trinajstić information content (AvgIpc) is 2.53. The summed E-state index contributed by atoms with van der Waals surface area (Å²) in [5.74, 6) is 4.82. The maximum absolute atomic E-state index is 12.9. The Bertz CT molecular complexity index is 721. The zero-order chi connectivity index (χ0) is 17.0. The van der Waals surface area contributed by atoms with Crippen molar-refractivity contribution in [2.24, 2.45) is 5.84 Å². The highest BCUT2D eigenvalue weighted by Gasteiger charge is 2.33. The highest BCUT2D eigenvalue weighted by molar-refractivity contribution is 7.80. The van der Waals surface area contributed by atoms with Gasteiger partial charge in [0.2, 0.25) is 0 Å². The second-order valence-electron chi connectivity index (χ2n) is 4.36. The summed E-state index contributed by atoms with van der Waals surface area (Å²) < 4.78 is 38.8. The predicted molar refractivity (Wildman–Crippen MR) is 82.3 cm³/mol. The van der Waals surface area contributed by atoms with Gasteiger partial charge in [0.05, 0.1) is 11.3 Å². The minimum Gasteiger partial charge on any atom is -0.331 e. The second-order valence-corrected chi connectivity index (χ2v) is 4.75. The fourth-order valence-corrected chi connectivity index (χ4v) is 1.91. The number of pyridine rings is 1. The Balaban J connectivity index is 2.18. The molecule has 0 fully saturated rings. The zero-order valence-electron chi connectivity index (χ0n) is 11.5. The standard InChI is InChI=1S/C14H11F3N4OS/c15-14(16,17)9-5-1-2-6-10(9)20-13(23)21(18)12(22)11-7-3-4-8-19-11/h1-8H,18H2,(H,20,23). The highest BCUT2D eigenvalue weighted by atomic mass is 32.1. The van der Waals surface area contributed by atoms with Gasteiger partial charge in [0, 0.05) is 6.20 Å². The maximum Gasteiger partial charge on any atom is 0.418 e. The van der Waals surface area contributed by atoms with Gasteiger partial charge in [-0.25, -0.2) is 10.9 Å². The molecule has 0 spiro atoms. The van der Waals surface area contributed by atoms with Crippen LogP contribution in [0.5, 0.6) is 0 Å². The van der Waals surface area contributed by atoms with Gasteiger partial charge in [-0.3, -0.25) is 9.78 Å². The molecule has 0 atom stereocenters. The molecule has 1 aromatic heterocycles. The Hall–Kier alpha value is -2.52. The fourth-order valence-electron chi connectivity index (χ4n) is 1.72. The molecule has 1 amide bonds. The van der Waals surface area contributed by atoms with Crippen molar-refractivity contribution in [1.82, 2.24) is 9.99 Å². The number of anilines is 1. The number of benzene rings is 1. The van der Waals surface area contributed by atoms with Crippen molar-refractivity contribution in [2.75, 3.05) is 5.32 Å². The number of carbonyl (C=O) groups excluding carboxylic acids is 1. The van der Waals surface area contributed by atoms with Crippen molar-refractivity contribution in [2.45, 2.75) is 6.18 Å². The number of hydrogen-bond donors (Lipinski definition) is 2. The van der Waals surface area contributed by atoms with E-state index in [1.165, 1.54) is 30.5 Å². The summed E-state index contributed by atoms with van der Waals surface area (Å²) in [6.45, 7) is 0. The first-order valence-corrected chi connectivity index (χ1v) is 6.69. The van der Waals surface area contributed by atoms with E-state index < -0.39 is 17.6 Å². The van der Waals surface area contributed by atoms with Crippen LogP contribution in [0.25, 0.3) is 0 Å². The Labute approximate surface area is 134 Å². The van der Waals surface area contributed by atoms with Crippen LogP contribution in [0.3, 0.4) is 0 Å². The number of nitrogens with two attached hydrogens (primary N) is 1.